The van der Waals surface area contributed by atoms with Gasteiger partial charge in [0.05, 0.1) is 12.2 Å². The summed E-state index contributed by atoms with van der Waals surface area (Å²) in [7, 11) is 0. The van der Waals surface area contributed by atoms with Crippen LogP contribution in [0.4, 0.5) is 0 Å². The van der Waals surface area contributed by atoms with Crippen molar-refractivity contribution >= 4 is 5.97 Å². The number of aryl methyl sites for hydroxylation is 1. The van der Waals surface area contributed by atoms with E-state index in [-0.39, 0.29) is 18.2 Å². The summed E-state index contributed by atoms with van der Waals surface area (Å²) in [5.41, 5.74) is 1.31. The topological polar surface area (TPSA) is 46.5 Å². The van der Waals surface area contributed by atoms with Crippen molar-refractivity contribution in [1.82, 2.24) is 0 Å². The minimum absolute atomic E-state index is 0.0193. The van der Waals surface area contributed by atoms with Gasteiger partial charge in [0.15, 0.2) is 0 Å². The van der Waals surface area contributed by atoms with E-state index in [2.05, 4.69) is 36.4 Å². The SMILES string of the molecule is CC(C)OC(=O)CCC/C=C\C[C@H]1CCC[C@@H]1CC[C@@H](O)CCc1ccccc1. The standard InChI is InChI=1S/C26H40O3/c1-21(2)29-26(28)16-9-4-3-8-13-23-14-10-15-24(23)18-20-25(27)19-17-22-11-6-5-7-12-22/h3,5-8,11-12,21,23-25,27H,4,9-10,13-20H2,1-2H3/b8-3-/t23-,24+,25-/m0/s1. The number of hydrogen-bond acceptors (Lipinski definition) is 3. The Balaban J connectivity index is 1.58. The fourth-order valence-electron chi connectivity index (χ4n) is 4.41. The van der Waals surface area contributed by atoms with Crippen LogP contribution in [0, 0.1) is 11.8 Å². The highest BCUT2D eigenvalue weighted by Gasteiger charge is 2.26. The molecule has 0 spiro atoms. The highest BCUT2D eigenvalue weighted by atomic mass is 16.5. The zero-order valence-corrected chi connectivity index (χ0v) is 18.4. The number of ether oxygens (including phenoxy) is 1. The molecule has 0 aromatic heterocycles. The first-order chi connectivity index (χ1) is 14.0. The molecule has 0 bridgehead atoms. The van der Waals surface area contributed by atoms with Crippen molar-refractivity contribution in [3.63, 3.8) is 0 Å². The minimum Gasteiger partial charge on any atom is -0.463 e. The number of hydrogen-bond donors (Lipinski definition) is 1. The first kappa shape index (κ1) is 23.7. The van der Waals surface area contributed by atoms with Crippen LogP contribution in [0.15, 0.2) is 42.5 Å². The van der Waals surface area contributed by atoms with E-state index in [0.29, 0.717) is 6.42 Å². The zero-order chi connectivity index (χ0) is 20.9. The molecule has 0 amide bonds. The van der Waals surface area contributed by atoms with Gasteiger partial charge in [-0.25, -0.2) is 0 Å². The predicted molar refractivity (Wildman–Crippen MR) is 120 cm³/mol. The lowest BCUT2D eigenvalue weighted by Crippen LogP contribution is -2.13. The minimum atomic E-state index is -0.183. The van der Waals surface area contributed by atoms with Crippen LogP contribution < -0.4 is 0 Å². The average Bonchev–Trinajstić information content (AvgIpc) is 3.15. The van der Waals surface area contributed by atoms with E-state index in [4.69, 9.17) is 4.74 Å². The molecule has 0 aliphatic heterocycles. The van der Waals surface area contributed by atoms with Gasteiger partial charge >= 0.3 is 5.97 Å². The molecule has 1 saturated carbocycles. The van der Waals surface area contributed by atoms with Crippen molar-refractivity contribution in [3.8, 4) is 0 Å². The highest BCUT2D eigenvalue weighted by Crippen LogP contribution is 2.37. The van der Waals surface area contributed by atoms with Crippen LogP contribution in [0.3, 0.4) is 0 Å². The predicted octanol–water partition coefficient (Wildman–Crippen LogP) is 6.24. The van der Waals surface area contributed by atoms with Crippen molar-refractivity contribution in [2.24, 2.45) is 11.8 Å². The third-order valence-electron chi connectivity index (χ3n) is 6.02. The molecule has 1 aliphatic carbocycles. The van der Waals surface area contributed by atoms with E-state index in [1.54, 1.807) is 0 Å². The van der Waals surface area contributed by atoms with Gasteiger partial charge in [-0.2, -0.15) is 0 Å². The molecule has 29 heavy (non-hydrogen) atoms. The second-order valence-corrected chi connectivity index (χ2v) is 8.84. The van der Waals surface area contributed by atoms with Gasteiger partial charge in [0, 0.05) is 6.42 Å². The maximum Gasteiger partial charge on any atom is 0.306 e. The lowest BCUT2D eigenvalue weighted by molar-refractivity contribution is -0.147. The molecule has 2 rings (SSSR count). The number of esters is 1. The second-order valence-electron chi connectivity index (χ2n) is 8.84. The van der Waals surface area contributed by atoms with Crippen LogP contribution in [-0.4, -0.2) is 23.3 Å². The molecule has 1 aromatic rings. The Morgan fingerprint density at radius 3 is 2.66 bits per heavy atom. The van der Waals surface area contributed by atoms with Crippen molar-refractivity contribution in [2.75, 3.05) is 0 Å². The van der Waals surface area contributed by atoms with E-state index in [0.717, 1.165) is 56.8 Å². The van der Waals surface area contributed by atoms with Crippen LogP contribution in [0.5, 0.6) is 0 Å². The molecule has 3 heteroatoms. The van der Waals surface area contributed by atoms with E-state index in [1.165, 1.54) is 24.8 Å². The monoisotopic (exact) mass is 400 g/mol. The molecule has 0 heterocycles. The summed E-state index contributed by atoms with van der Waals surface area (Å²) in [5.74, 6) is 1.43. The number of carbonyl (C=O) groups excluding carboxylic acids is 1. The first-order valence-corrected chi connectivity index (χ1v) is 11.6. The van der Waals surface area contributed by atoms with Gasteiger partial charge in [-0.05, 0) is 82.6 Å². The Morgan fingerprint density at radius 1 is 1.14 bits per heavy atom. The number of unbranched alkanes of at least 4 members (excludes halogenated alkanes) is 1. The van der Waals surface area contributed by atoms with E-state index in [1.807, 2.05) is 19.9 Å². The van der Waals surface area contributed by atoms with Gasteiger partial charge in [0.25, 0.3) is 0 Å². The maximum atomic E-state index is 11.5. The number of benzene rings is 1. The lowest BCUT2D eigenvalue weighted by atomic mass is 9.87. The summed E-state index contributed by atoms with van der Waals surface area (Å²) >= 11 is 0. The number of carbonyl (C=O) groups is 1. The molecule has 1 aliphatic rings. The van der Waals surface area contributed by atoms with Crippen LogP contribution >= 0.6 is 0 Å². The number of allylic oxidation sites excluding steroid dienone is 2. The molecular formula is C26H40O3. The quantitative estimate of drug-likeness (QED) is 0.242. The molecule has 1 fully saturated rings. The zero-order valence-electron chi connectivity index (χ0n) is 18.4. The molecule has 3 nitrogen and oxygen atoms in total. The number of aliphatic hydroxyl groups is 1. The molecule has 162 valence electrons. The summed E-state index contributed by atoms with van der Waals surface area (Å²) in [6, 6.07) is 10.4. The van der Waals surface area contributed by atoms with Gasteiger partial charge in [0.1, 0.15) is 0 Å². The van der Waals surface area contributed by atoms with Crippen molar-refractivity contribution in [1.29, 1.82) is 0 Å². The molecule has 1 aromatic carbocycles. The van der Waals surface area contributed by atoms with E-state index < -0.39 is 0 Å². The van der Waals surface area contributed by atoms with Crippen LogP contribution in [0.25, 0.3) is 0 Å². The van der Waals surface area contributed by atoms with Gasteiger partial charge in [0.2, 0.25) is 0 Å². The molecular weight excluding hydrogens is 360 g/mol. The highest BCUT2D eigenvalue weighted by molar-refractivity contribution is 5.69. The average molecular weight is 401 g/mol. The summed E-state index contributed by atoms with van der Waals surface area (Å²) in [4.78, 5) is 11.5. The Labute approximate surface area is 177 Å². The third-order valence-corrected chi connectivity index (χ3v) is 6.02. The molecule has 0 radical (unpaired) electrons. The second kappa shape index (κ2) is 13.6. The Kier molecular flexibility index (Phi) is 11.1. The first-order valence-electron chi connectivity index (χ1n) is 11.6. The molecule has 0 unspecified atom stereocenters. The van der Waals surface area contributed by atoms with Crippen LogP contribution in [0.2, 0.25) is 0 Å². The molecule has 0 saturated heterocycles. The summed E-state index contributed by atoms with van der Waals surface area (Å²) in [6.45, 7) is 3.77. The van der Waals surface area contributed by atoms with Crippen molar-refractivity contribution in [2.45, 2.75) is 96.7 Å². The smallest absolute Gasteiger partial charge is 0.306 e. The summed E-state index contributed by atoms with van der Waals surface area (Å²) in [6.07, 6.45) is 15.6. The summed E-state index contributed by atoms with van der Waals surface area (Å²) < 4.78 is 5.16. The van der Waals surface area contributed by atoms with Crippen LogP contribution in [-0.2, 0) is 16.0 Å². The van der Waals surface area contributed by atoms with Gasteiger partial charge in [-0.3, -0.25) is 4.79 Å². The largest absolute Gasteiger partial charge is 0.463 e. The Morgan fingerprint density at radius 2 is 1.90 bits per heavy atom. The Hall–Kier alpha value is -1.61. The van der Waals surface area contributed by atoms with Gasteiger partial charge < -0.3 is 9.84 Å². The normalized spacial score (nSPS) is 20.4. The van der Waals surface area contributed by atoms with Gasteiger partial charge in [-0.15, -0.1) is 0 Å². The molecule has 3 atom stereocenters. The number of rotatable bonds is 13. The van der Waals surface area contributed by atoms with Gasteiger partial charge in [-0.1, -0.05) is 55.3 Å². The van der Waals surface area contributed by atoms with Crippen molar-refractivity contribution in [3.05, 3.63) is 48.0 Å². The lowest BCUT2D eigenvalue weighted by Gasteiger charge is -2.20. The van der Waals surface area contributed by atoms with E-state index >= 15 is 0 Å². The Bertz CT molecular complexity index is 593. The number of aliphatic hydroxyl groups excluding tert-OH is 1. The third kappa shape index (κ3) is 10.1. The fourth-order valence-corrected chi connectivity index (χ4v) is 4.41. The molecule has 1 N–H and O–H groups in total. The summed E-state index contributed by atoms with van der Waals surface area (Å²) in [5, 5.41) is 10.4. The van der Waals surface area contributed by atoms with E-state index in [9.17, 15) is 9.90 Å². The van der Waals surface area contributed by atoms with Crippen molar-refractivity contribution < 1.29 is 14.6 Å². The fraction of sp³-hybridized carbons (Fsp3) is 0.654. The maximum absolute atomic E-state index is 11.5. The van der Waals surface area contributed by atoms with Crippen LogP contribution in [0.1, 0.15) is 83.6 Å².